The number of rotatable bonds is 6. The van der Waals surface area contributed by atoms with Crippen LogP contribution in [0.25, 0.3) is 0 Å². The molecule has 1 aromatic rings. The van der Waals surface area contributed by atoms with E-state index in [4.69, 9.17) is 0 Å². The van der Waals surface area contributed by atoms with Gasteiger partial charge in [-0.2, -0.15) is 0 Å². The molecule has 2 atom stereocenters. The lowest BCUT2D eigenvalue weighted by atomic mass is 9.99. The van der Waals surface area contributed by atoms with Crippen molar-refractivity contribution < 1.29 is 9.90 Å². The van der Waals surface area contributed by atoms with Gasteiger partial charge < -0.3 is 10.0 Å². The van der Waals surface area contributed by atoms with Gasteiger partial charge in [-0.05, 0) is 32.9 Å². The molecule has 2 heterocycles. The lowest BCUT2D eigenvalue weighted by molar-refractivity contribution is -0.149. The fourth-order valence-electron chi connectivity index (χ4n) is 2.98. The van der Waals surface area contributed by atoms with Gasteiger partial charge in [-0.3, -0.25) is 9.69 Å². The number of amides is 1. The summed E-state index contributed by atoms with van der Waals surface area (Å²) in [4.78, 5) is 24.8. The second-order valence-electron chi connectivity index (χ2n) is 6.30. The Bertz CT molecular complexity index is 492. The average Bonchev–Trinajstić information content (AvgIpc) is 2.97. The molecular weight excluding hydrogens is 280 g/mol. The molecule has 1 fully saturated rings. The minimum absolute atomic E-state index is 0.152. The summed E-state index contributed by atoms with van der Waals surface area (Å²) in [7, 11) is 2.03. The van der Waals surface area contributed by atoms with Gasteiger partial charge in [0, 0.05) is 31.5 Å². The van der Waals surface area contributed by atoms with E-state index in [2.05, 4.69) is 14.9 Å². The summed E-state index contributed by atoms with van der Waals surface area (Å²) >= 11 is 0. The Morgan fingerprint density at radius 1 is 1.50 bits per heavy atom. The van der Waals surface area contributed by atoms with E-state index < -0.39 is 5.60 Å². The standard InChI is InChI=1S/C16H26N4O2/c1-4-7-16(2,22)15(21)20-10-6-13(11-20)19(3)12-14-17-8-5-9-18-14/h5,8-9,13,22H,4,6-7,10-12H2,1-3H3/t13-,16+/m1/s1. The van der Waals surface area contributed by atoms with Gasteiger partial charge in [0.15, 0.2) is 0 Å². The maximum atomic E-state index is 12.4. The topological polar surface area (TPSA) is 69.6 Å². The lowest BCUT2D eigenvalue weighted by Crippen LogP contribution is -2.47. The molecule has 0 bridgehead atoms. The van der Waals surface area contributed by atoms with E-state index in [1.165, 1.54) is 0 Å². The summed E-state index contributed by atoms with van der Waals surface area (Å²) in [5.41, 5.74) is -1.25. The van der Waals surface area contributed by atoms with Crippen molar-refractivity contribution in [3.05, 3.63) is 24.3 Å². The zero-order chi connectivity index (χ0) is 16.2. The Labute approximate surface area is 132 Å². The molecular formula is C16H26N4O2. The van der Waals surface area contributed by atoms with Gasteiger partial charge in [-0.25, -0.2) is 9.97 Å². The molecule has 1 aliphatic rings. The first kappa shape index (κ1) is 16.8. The van der Waals surface area contributed by atoms with Crippen molar-refractivity contribution in [3.63, 3.8) is 0 Å². The van der Waals surface area contributed by atoms with Crippen LogP contribution < -0.4 is 0 Å². The van der Waals surface area contributed by atoms with Crippen LogP contribution in [0, 0.1) is 0 Å². The van der Waals surface area contributed by atoms with E-state index >= 15 is 0 Å². The monoisotopic (exact) mass is 306 g/mol. The molecule has 2 rings (SSSR count). The van der Waals surface area contributed by atoms with Crippen LogP contribution in [-0.2, 0) is 11.3 Å². The Morgan fingerprint density at radius 3 is 2.82 bits per heavy atom. The predicted octanol–water partition coefficient (Wildman–Crippen LogP) is 1.06. The van der Waals surface area contributed by atoms with Gasteiger partial charge >= 0.3 is 0 Å². The normalized spacial score (nSPS) is 21.1. The van der Waals surface area contributed by atoms with Crippen LogP contribution in [0.2, 0.25) is 0 Å². The number of carbonyl (C=O) groups is 1. The smallest absolute Gasteiger partial charge is 0.254 e. The summed E-state index contributed by atoms with van der Waals surface area (Å²) in [6.07, 6.45) is 5.68. The molecule has 0 radical (unpaired) electrons. The van der Waals surface area contributed by atoms with Crippen LogP contribution in [0.5, 0.6) is 0 Å². The van der Waals surface area contributed by atoms with Gasteiger partial charge in [0.05, 0.1) is 6.54 Å². The number of hydrogen-bond donors (Lipinski definition) is 1. The molecule has 1 aromatic heterocycles. The highest BCUT2D eigenvalue weighted by molar-refractivity contribution is 5.84. The van der Waals surface area contributed by atoms with E-state index in [-0.39, 0.29) is 11.9 Å². The third kappa shape index (κ3) is 4.01. The first-order valence-electron chi connectivity index (χ1n) is 7.92. The highest BCUT2D eigenvalue weighted by atomic mass is 16.3. The molecule has 0 spiro atoms. The highest BCUT2D eigenvalue weighted by Gasteiger charge is 2.37. The van der Waals surface area contributed by atoms with Gasteiger partial charge in [0.1, 0.15) is 11.4 Å². The van der Waals surface area contributed by atoms with Crippen molar-refractivity contribution in [1.82, 2.24) is 19.8 Å². The van der Waals surface area contributed by atoms with Crippen molar-refractivity contribution in [2.24, 2.45) is 0 Å². The van der Waals surface area contributed by atoms with Crippen LogP contribution >= 0.6 is 0 Å². The molecule has 1 amide bonds. The molecule has 6 heteroatoms. The second kappa shape index (κ2) is 7.15. The quantitative estimate of drug-likeness (QED) is 0.851. The van der Waals surface area contributed by atoms with Gasteiger partial charge in [-0.15, -0.1) is 0 Å². The molecule has 0 saturated carbocycles. The highest BCUT2D eigenvalue weighted by Crippen LogP contribution is 2.22. The molecule has 22 heavy (non-hydrogen) atoms. The minimum atomic E-state index is -1.25. The van der Waals surface area contributed by atoms with E-state index in [9.17, 15) is 9.90 Å². The lowest BCUT2D eigenvalue weighted by Gasteiger charge is -2.29. The molecule has 0 aliphatic carbocycles. The number of likely N-dealkylation sites (tertiary alicyclic amines) is 1. The number of likely N-dealkylation sites (N-methyl/N-ethyl adjacent to an activating group) is 1. The number of hydrogen-bond acceptors (Lipinski definition) is 5. The van der Waals surface area contributed by atoms with Crippen LogP contribution in [0.3, 0.4) is 0 Å². The number of aliphatic hydroxyl groups is 1. The summed E-state index contributed by atoms with van der Waals surface area (Å²) in [6, 6.07) is 2.08. The molecule has 1 N–H and O–H groups in total. The number of nitrogens with zero attached hydrogens (tertiary/aromatic N) is 4. The number of carbonyl (C=O) groups excluding carboxylic acids is 1. The summed E-state index contributed by atoms with van der Waals surface area (Å²) in [6.45, 7) is 5.61. The zero-order valence-electron chi connectivity index (χ0n) is 13.7. The van der Waals surface area contributed by atoms with E-state index in [1.807, 2.05) is 14.0 Å². The summed E-state index contributed by atoms with van der Waals surface area (Å²) in [5.74, 6) is 0.633. The Kier molecular flexibility index (Phi) is 5.47. The zero-order valence-corrected chi connectivity index (χ0v) is 13.7. The molecule has 6 nitrogen and oxygen atoms in total. The van der Waals surface area contributed by atoms with Gasteiger partial charge in [0.2, 0.25) is 0 Å². The first-order valence-corrected chi connectivity index (χ1v) is 7.92. The maximum Gasteiger partial charge on any atom is 0.254 e. The fourth-order valence-corrected chi connectivity index (χ4v) is 2.98. The van der Waals surface area contributed by atoms with E-state index in [0.29, 0.717) is 26.1 Å². The minimum Gasteiger partial charge on any atom is -0.380 e. The first-order chi connectivity index (χ1) is 10.4. The molecule has 1 aliphatic heterocycles. The largest absolute Gasteiger partial charge is 0.380 e. The van der Waals surface area contributed by atoms with Crippen molar-refractivity contribution in [3.8, 4) is 0 Å². The fraction of sp³-hybridized carbons (Fsp3) is 0.688. The SMILES string of the molecule is CCC[C@](C)(O)C(=O)N1CC[C@@H](N(C)Cc2ncccn2)C1. The molecule has 0 unspecified atom stereocenters. The average molecular weight is 306 g/mol. The van der Waals surface area contributed by atoms with E-state index in [1.54, 1.807) is 30.3 Å². The Balaban J connectivity index is 1.90. The van der Waals surface area contributed by atoms with Crippen LogP contribution in [0.4, 0.5) is 0 Å². The molecule has 122 valence electrons. The van der Waals surface area contributed by atoms with Gasteiger partial charge in [-0.1, -0.05) is 13.3 Å². The number of aromatic nitrogens is 2. The summed E-state index contributed by atoms with van der Waals surface area (Å²) in [5, 5.41) is 10.3. The molecule has 0 aromatic carbocycles. The Morgan fingerprint density at radius 2 is 2.18 bits per heavy atom. The summed E-state index contributed by atoms with van der Waals surface area (Å²) < 4.78 is 0. The van der Waals surface area contributed by atoms with Gasteiger partial charge in [0.25, 0.3) is 5.91 Å². The Hall–Kier alpha value is -1.53. The van der Waals surface area contributed by atoms with Crippen LogP contribution in [0.1, 0.15) is 38.9 Å². The second-order valence-corrected chi connectivity index (χ2v) is 6.30. The van der Waals surface area contributed by atoms with Crippen molar-refractivity contribution >= 4 is 5.91 Å². The van der Waals surface area contributed by atoms with Crippen molar-refractivity contribution in [2.45, 2.75) is 51.3 Å². The van der Waals surface area contributed by atoms with Crippen molar-refractivity contribution in [1.29, 1.82) is 0 Å². The third-order valence-electron chi connectivity index (χ3n) is 4.28. The van der Waals surface area contributed by atoms with E-state index in [0.717, 1.165) is 18.7 Å². The van der Waals surface area contributed by atoms with Crippen molar-refractivity contribution in [2.75, 3.05) is 20.1 Å². The van der Waals surface area contributed by atoms with Crippen LogP contribution in [-0.4, -0.2) is 62.6 Å². The molecule has 1 saturated heterocycles. The third-order valence-corrected chi connectivity index (χ3v) is 4.28. The van der Waals surface area contributed by atoms with Crippen LogP contribution in [0.15, 0.2) is 18.5 Å². The maximum absolute atomic E-state index is 12.4. The predicted molar refractivity (Wildman–Crippen MR) is 84.0 cm³/mol.